The molecule has 4 rings (SSSR count). The lowest BCUT2D eigenvalue weighted by molar-refractivity contribution is -0.199. The van der Waals surface area contributed by atoms with Crippen LogP contribution in [0.25, 0.3) is 0 Å². The lowest BCUT2D eigenvalue weighted by Crippen LogP contribution is -2.71. The van der Waals surface area contributed by atoms with E-state index in [1.54, 1.807) is 0 Å². The molecule has 0 radical (unpaired) electrons. The number of carbonyl (C=O) groups is 4. The number of nitrogens with one attached hydrogen (secondary N) is 1. The highest BCUT2D eigenvalue weighted by Gasteiger charge is 2.54. The molecule has 0 aliphatic carbocycles. The number of carboxylic acid groups (broad SMARTS) is 1. The monoisotopic (exact) mass is 589 g/mol. The summed E-state index contributed by atoms with van der Waals surface area (Å²) in [6, 6.07) is 3.85. The molecule has 0 bridgehead atoms. The SMILES string of the molecule is Nc1nc(C(=NOC(=O)C(F)(F)F)C(=O)NC2C(=O)N3C(C(=O)O)=C(COc4cccc(F)c4)CS[C@@H]23)cs1. The van der Waals surface area contributed by atoms with Gasteiger partial charge in [-0.2, -0.15) is 13.2 Å². The number of aromatic nitrogens is 1. The van der Waals surface area contributed by atoms with Gasteiger partial charge >= 0.3 is 18.1 Å². The van der Waals surface area contributed by atoms with Crippen LogP contribution in [0.15, 0.2) is 46.1 Å². The minimum absolute atomic E-state index is 0.0600. The molecule has 39 heavy (non-hydrogen) atoms. The number of ether oxygens (including phenoxy) is 1. The number of benzene rings is 1. The molecule has 1 fully saturated rings. The van der Waals surface area contributed by atoms with Crippen LogP contribution in [0.5, 0.6) is 5.75 Å². The summed E-state index contributed by atoms with van der Waals surface area (Å²) < 4.78 is 56.4. The minimum Gasteiger partial charge on any atom is -0.489 e. The fourth-order valence-corrected chi connectivity index (χ4v) is 5.35. The van der Waals surface area contributed by atoms with Gasteiger partial charge in [0.15, 0.2) is 10.8 Å². The number of alkyl halides is 3. The van der Waals surface area contributed by atoms with Gasteiger partial charge in [0.25, 0.3) is 11.8 Å². The van der Waals surface area contributed by atoms with E-state index in [1.165, 1.54) is 18.2 Å². The zero-order valence-corrected chi connectivity index (χ0v) is 20.7. The number of nitrogens with zero attached hydrogens (tertiary/aromatic N) is 3. The number of hydrogen-bond acceptors (Lipinski definition) is 11. The molecule has 12 nitrogen and oxygen atoms in total. The number of fused-ring (bicyclic) bond motifs is 1. The predicted molar refractivity (Wildman–Crippen MR) is 127 cm³/mol. The Kier molecular flexibility index (Phi) is 7.77. The van der Waals surface area contributed by atoms with E-state index in [2.05, 4.69) is 20.3 Å². The number of thiazole rings is 1. The summed E-state index contributed by atoms with van der Waals surface area (Å²) in [5.74, 6) is -6.58. The second-order valence-electron chi connectivity index (χ2n) is 7.75. The van der Waals surface area contributed by atoms with Crippen LogP contribution in [-0.2, 0) is 24.0 Å². The number of amides is 2. The second kappa shape index (κ2) is 10.9. The first-order chi connectivity index (χ1) is 18.4. The van der Waals surface area contributed by atoms with Crippen LogP contribution in [0, 0.1) is 5.82 Å². The number of halogens is 4. The summed E-state index contributed by atoms with van der Waals surface area (Å²) in [6.45, 7) is -0.266. The molecule has 2 atom stereocenters. The summed E-state index contributed by atoms with van der Waals surface area (Å²) in [4.78, 5) is 57.2. The Bertz CT molecular complexity index is 1410. The number of nitrogens with two attached hydrogens (primary N) is 1. The largest absolute Gasteiger partial charge is 0.493 e. The Balaban J connectivity index is 1.51. The first kappa shape index (κ1) is 27.8. The number of aliphatic carboxylic acids is 1. The van der Waals surface area contributed by atoms with Crippen LogP contribution in [0.3, 0.4) is 0 Å². The Hall–Kier alpha value is -4.19. The Morgan fingerprint density at radius 2 is 2.05 bits per heavy atom. The van der Waals surface area contributed by atoms with Crippen LogP contribution in [0.4, 0.5) is 22.7 Å². The number of anilines is 1. The molecule has 3 heterocycles. The van der Waals surface area contributed by atoms with Gasteiger partial charge in [-0.05, 0) is 12.1 Å². The van der Waals surface area contributed by atoms with Crippen molar-refractivity contribution in [3.05, 3.63) is 52.4 Å². The van der Waals surface area contributed by atoms with Crippen LogP contribution in [-0.4, -0.2) is 74.4 Å². The number of carboxylic acids is 1. The van der Waals surface area contributed by atoms with Crippen LogP contribution in [0.1, 0.15) is 5.69 Å². The Morgan fingerprint density at radius 3 is 2.67 bits per heavy atom. The minimum atomic E-state index is -5.40. The summed E-state index contributed by atoms with van der Waals surface area (Å²) in [7, 11) is 0. The first-order valence-corrected chi connectivity index (χ1v) is 12.5. The average molecular weight is 590 g/mol. The highest BCUT2D eigenvalue weighted by Crippen LogP contribution is 2.40. The number of hydrogen-bond donors (Lipinski definition) is 3. The number of thioether (sulfide) groups is 1. The van der Waals surface area contributed by atoms with E-state index in [4.69, 9.17) is 10.5 Å². The number of carbonyl (C=O) groups excluding carboxylic acids is 3. The fourth-order valence-electron chi connectivity index (χ4n) is 3.47. The standard InChI is InChI=1S/C21H15F4N5O7S2/c22-9-2-1-3-10(4-9)36-5-8-6-38-17-13(16(32)30(17)14(8)18(33)34)28-15(31)12(11-7-39-20(26)27-11)29-37-19(35)21(23,24)25/h1-4,7,13,17H,5-6H2,(H2,26,27)(H,28,31)(H,33,34)/t13?,17-/m0/s1. The maximum absolute atomic E-state index is 13.4. The Morgan fingerprint density at radius 1 is 1.31 bits per heavy atom. The lowest BCUT2D eigenvalue weighted by Gasteiger charge is -2.49. The van der Waals surface area contributed by atoms with E-state index in [-0.39, 0.29) is 40.2 Å². The molecule has 1 aromatic heterocycles. The van der Waals surface area contributed by atoms with Crippen molar-refractivity contribution in [1.29, 1.82) is 0 Å². The van der Waals surface area contributed by atoms with Crippen molar-refractivity contribution in [3.63, 3.8) is 0 Å². The zero-order valence-electron chi connectivity index (χ0n) is 19.1. The van der Waals surface area contributed by atoms with Crippen molar-refractivity contribution < 1.29 is 51.4 Å². The average Bonchev–Trinajstić information content (AvgIpc) is 3.30. The molecular formula is C21H15F4N5O7S2. The quantitative estimate of drug-likeness (QED) is 0.135. The van der Waals surface area contributed by atoms with Gasteiger partial charge in [0.05, 0.1) is 0 Å². The Labute approximate surface area is 223 Å². The summed E-state index contributed by atoms with van der Waals surface area (Å²) in [5, 5.41) is 15.2. The molecule has 0 saturated carbocycles. The molecule has 2 aliphatic heterocycles. The van der Waals surface area contributed by atoms with E-state index in [9.17, 15) is 41.8 Å². The highest BCUT2D eigenvalue weighted by atomic mass is 32.2. The van der Waals surface area contributed by atoms with Crippen molar-refractivity contribution >= 4 is 57.7 Å². The topological polar surface area (TPSA) is 174 Å². The van der Waals surface area contributed by atoms with Crippen molar-refractivity contribution in [3.8, 4) is 5.75 Å². The second-order valence-corrected chi connectivity index (χ2v) is 9.75. The van der Waals surface area contributed by atoms with Crippen LogP contribution < -0.4 is 15.8 Å². The predicted octanol–water partition coefficient (Wildman–Crippen LogP) is 1.49. The molecule has 1 saturated heterocycles. The number of rotatable bonds is 8. The third kappa shape index (κ3) is 5.95. The van der Waals surface area contributed by atoms with E-state index >= 15 is 0 Å². The number of oxime groups is 1. The van der Waals surface area contributed by atoms with Crippen molar-refractivity contribution in [2.45, 2.75) is 17.6 Å². The third-order valence-electron chi connectivity index (χ3n) is 5.18. The van der Waals surface area contributed by atoms with E-state index in [0.29, 0.717) is 0 Å². The molecule has 2 aromatic rings. The molecule has 18 heteroatoms. The van der Waals surface area contributed by atoms with Gasteiger partial charge in [0.2, 0.25) is 0 Å². The smallest absolute Gasteiger partial charge is 0.489 e. The highest BCUT2D eigenvalue weighted by molar-refractivity contribution is 8.00. The molecule has 206 valence electrons. The molecule has 2 aliphatic rings. The van der Waals surface area contributed by atoms with Crippen molar-refractivity contribution in [1.82, 2.24) is 15.2 Å². The molecule has 0 spiro atoms. The lowest BCUT2D eigenvalue weighted by atomic mass is 10.0. The van der Waals surface area contributed by atoms with E-state index in [0.717, 1.165) is 39.4 Å². The summed E-state index contributed by atoms with van der Waals surface area (Å²) in [6.07, 6.45) is -5.40. The number of β-lactam (4-membered cyclic amide) rings is 1. The fraction of sp³-hybridized carbons (Fsp3) is 0.238. The molecular weight excluding hydrogens is 574 g/mol. The molecule has 4 N–H and O–H groups in total. The van der Waals surface area contributed by atoms with Crippen LogP contribution in [0.2, 0.25) is 0 Å². The summed E-state index contributed by atoms with van der Waals surface area (Å²) in [5.41, 5.74) is 4.13. The van der Waals surface area contributed by atoms with Crippen LogP contribution >= 0.6 is 23.1 Å². The maximum atomic E-state index is 13.4. The van der Waals surface area contributed by atoms with E-state index in [1.807, 2.05) is 0 Å². The molecule has 1 unspecified atom stereocenters. The normalized spacial score (nSPS) is 19.2. The maximum Gasteiger partial charge on any atom is 0.493 e. The van der Waals surface area contributed by atoms with Crippen molar-refractivity contribution in [2.24, 2.45) is 5.16 Å². The van der Waals surface area contributed by atoms with Gasteiger partial charge in [-0.25, -0.2) is 19.0 Å². The molecule has 2 amide bonds. The number of nitrogen functional groups attached to an aromatic ring is 1. The van der Waals surface area contributed by atoms with Gasteiger partial charge in [0, 0.05) is 22.8 Å². The zero-order chi connectivity index (χ0) is 28.5. The molecule has 1 aromatic carbocycles. The van der Waals surface area contributed by atoms with Gasteiger partial charge in [-0.3, -0.25) is 14.5 Å². The van der Waals surface area contributed by atoms with Gasteiger partial charge in [0.1, 0.15) is 41.0 Å². The third-order valence-corrected chi connectivity index (χ3v) is 7.19. The van der Waals surface area contributed by atoms with Crippen molar-refractivity contribution in [2.75, 3.05) is 18.1 Å². The van der Waals surface area contributed by atoms with Gasteiger partial charge < -0.3 is 25.7 Å². The van der Waals surface area contributed by atoms with Gasteiger partial charge in [-0.1, -0.05) is 11.2 Å². The summed E-state index contributed by atoms with van der Waals surface area (Å²) >= 11 is 1.89. The van der Waals surface area contributed by atoms with Gasteiger partial charge in [-0.15, -0.1) is 23.1 Å². The van der Waals surface area contributed by atoms with E-state index < -0.39 is 52.9 Å². The first-order valence-electron chi connectivity index (χ1n) is 10.5.